The van der Waals surface area contributed by atoms with Gasteiger partial charge in [0.1, 0.15) is 0 Å². The van der Waals surface area contributed by atoms with Crippen LogP contribution in [0.2, 0.25) is 10.0 Å². The van der Waals surface area contributed by atoms with E-state index in [4.69, 9.17) is 34.9 Å². The molecule has 0 spiro atoms. The van der Waals surface area contributed by atoms with Gasteiger partial charge in [0.25, 0.3) is 5.91 Å². The number of halogens is 2. The van der Waals surface area contributed by atoms with Crippen molar-refractivity contribution in [3.05, 3.63) is 80.7 Å². The molecule has 184 valence electrons. The zero-order valence-electron chi connectivity index (χ0n) is 20.2. The van der Waals surface area contributed by atoms with E-state index >= 15 is 0 Å². The highest BCUT2D eigenvalue weighted by atomic mass is 35.5. The molecule has 4 rings (SSSR count). The van der Waals surface area contributed by atoms with E-state index in [1.807, 2.05) is 42.3 Å². The Morgan fingerprint density at radius 1 is 1.14 bits per heavy atom. The predicted octanol–water partition coefficient (Wildman–Crippen LogP) is 6.20. The largest absolute Gasteiger partial charge is 0.316 e. The lowest BCUT2D eigenvalue weighted by atomic mass is 10.0. The number of hydrogen-bond acceptors (Lipinski definition) is 3. The second-order valence-electron chi connectivity index (χ2n) is 8.54. The van der Waals surface area contributed by atoms with E-state index < -0.39 is 0 Å². The van der Waals surface area contributed by atoms with E-state index in [0.29, 0.717) is 40.8 Å². The molecule has 1 aliphatic heterocycles. The summed E-state index contributed by atoms with van der Waals surface area (Å²) in [5.74, 6) is 5.90. The van der Waals surface area contributed by atoms with Gasteiger partial charge in [0.05, 0.1) is 22.8 Å². The third-order valence-corrected chi connectivity index (χ3v) is 6.58. The Kier molecular flexibility index (Phi) is 8.67. The zero-order valence-corrected chi connectivity index (χ0v) is 21.7. The van der Waals surface area contributed by atoms with E-state index in [1.165, 1.54) is 6.42 Å². The van der Waals surface area contributed by atoms with Crippen molar-refractivity contribution in [2.24, 2.45) is 0 Å². The van der Waals surface area contributed by atoms with Gasteiger partial charge in [-0.15, -0.1) is 0 Å². The number of nitrogens with one attached hydrogen (secondary N) is 1. The summed E-state index contributed by atoms with van der Waals surface area (Å²) in [5.41, 5.74) is 7.47. The van der Waals surface area contributed by atoms with Crippen molar-refractivity contribution in [3.8, 4) is 28.8 Å². The van der Waals surface area contributed by atoms with Crippen molar-refractivity contribution in [3.63, 3.8) is 0 Å². The van der Waals surface area contributed by atoms with Gasteiger partial charge in [-0.25, -0.2) is 16.3 Å². The van der Waals surface area contributed by atoms with Crippen LogP contribution in [0.3, 0.4) is 0 Å². The van der Waals surface area contributed by atoms with Crippen LogP contribution >= 0.6 is 23.2 Å². The summed E-state index contributed by atoms with van der Waals surface area (Å²) in [6, 6.07) is 13.1. The van der Waals surface area contributed by atoms with Crippen LogP contribution < -0.4 is 5.43 Å². The molecule has 1 fully saturated rings. The van der Waals surface area contributed by atoms with Crippen LogP contribution in [0.15, 0.2) is 42.5 Å². The molecular formula is C28H27Cl2N5O. The average Bonchev–Trinajstić information content (AvgIpc) is 3.27. The zero-order chi connectivity index (χ0) is 25.5. The maximum Gasteiger partial charge on any atom is 0.286 e. The Morgan fingerprint density at radius 3 is 2.56 bits per heavy atom. The summed E-state index contributed by atoms with van der Waals surface area (Å²) >= 11 is 12.7. The Labute approximate surface area is 222 Å². The molecule has 0 radical (unpaired) electrons. The van der Waals surface area contributed by atoms with Gasteiger partial charge in [0.15, 0.2) is 5.69 Å². The van der Waals surface area contributed by atoms with Crippen molar-refractivity contribution in [1.82, 2.24) is 20.2 Å². The number of nitrogens with zero attached hydrogens (tertiary/aromatic N) is 4. The van der Waals surface area contributed by atoms with Crippen molar-refractivity contribution >= 4 is 29.1 Å². The molecule has 0 aliphatic carbocycles. The smallest absolute Gasteiger partial charge is 0.286 e. The number of carbonyl (C=O) groups excluding carboxylic acids is 1. The van der Waals surface area contributed by atoms with Crippen molar-refractivity contribution in [2.45, 2.75) is 39.0 Å². The van der Waals surface area contributed by atoms with Gasteiger partial charge in [0.2, 0.25) is 6.54 Å². The molecule has 3 aromatic rings. The number of piperidine rings is 1. The first-order chi connectivity index (χ1) is 17.5. The van der Waals surface area contributed by atoms with Crippen LogP contribution in [0.25, 0.3) is 21.8 Å². The predicted molar refractivity (Wildman–Crippen MR) is 144 cm³/mol. The molecular weight excluding hydrogens is 493 g/mol. The molecule has 1 aliphatic rings. The normalized spacial score (nSPS) is 13.5. The third kappa shape index (κ3) is 5.91. The summed E-state index contributed by atoms with van der Waals surface area (Å²) in [4.78, 5) is 16.7. The van der Waals surface area contributed by atoms with E-state index in [0.717, 1.165) is 48.3 Å². The minimum atomic E-state index is -0.221. The molecule has 0 unspecified atom stereocenters. The number of carbonyl (C=O) groups is 1. The first kappa shape index (κ1) is 25.8. The standard InChI is InChI=1S/C28H27Cl2N5O/c1-3-23-26(28(36)33-34-17-7-4-8-18-34)32-35(25-15-14-22(29)19-24(25)30)27(23)21-12-10-20(11-13-21)9-5-6-16-31-2/h10-15,19H,3-4,6-8,16-18H2,1H3,(H,33,36). The second-order valence-corrected chi connectivity index (χ2v) is 9.38. The minimum Gasteiger partial charge on any atom is -0.316 e. The van der Waals surface area contributed by atoms with Gasteiger partial charge in [-0.05, 0) is 49.6 Å². The summed E-state index contributed by atoms with van der Waals surface area (Å²) in [6.07, 6.45) is 4.46. The number of hydrazine groups is 1. The molecule has 6 nitrogen and oxygen atoms in total. The van der Waals surface area contributed by atoms with Gasteiger partial charge in [0, 0.05) is 34.8 Å². The Morgan fingerprint density at radius 2 is 1.89 bits per heavy atom. The van der Waals surface area contributed by atoms with Crippen LogP contribution in [0.4, 0.5) is 0 Å². The Balaban J connectivity index is 1.77. The number of aromatic nitrogens is 2. The lowest BCUT2D eigenvalue weighted by molar-refractivity contribution is 0.0743. The molecule has 1 aromatic heterocycles. The van der Waals surface area contributed by atoms with Gasteiger partial charge in [-0.2, -0.15) is 5.10 Å². The summed E-state index contributed by atoms with van der Waals surface area (Å²) in [7, 11) is 0. The summed E-state index contributed by atoms with van der Waals surface area (Å²) in [6.45, 7) is 11.0. The highest BCUT2D eigenvalue weighted by molar-refractivity contribution is 6.35. The van der Waals surface area contributed by atoms with Crippen LogP contribution in [0, 0.1) is 18.4 Å². The monoisotopic (exact) mass is 519 g/mol. The van der Waals surface area contributed by atoms with Gasteiger partial charge in [-0.3, -0.25) is 10.2 Å². The van der Waals surface area contributed by atoms with Gasteiger partial charge >= 0.3 is 0 Å². The first-order valence-electron chi connectivity index (χ1n) is 12.1. The van der Waals surface area contributed by atoms with Crippen LogP contribution in [-0.4, -0.2) is 40.3 Å². The fraction of sp³-hybridized carbons (Fsp3) is 0.321. The molecule has 0 bridgehead atoms. The fourth-order valence-electron chi connectivity index (χ4n) is 4.28. The van der Waals surface area contributed by atoms with E-state index in [1.54, 1.807) is 16.8 Å². The number of rotatable bonds is 6. The van der Waals surface area contributed by atoms with Gasteiger partial charge < -0.3 is 4.85 Å². The lowest BCUT2D eigenvalue weighted by Crippen LogP contribution is -2.45. The van der Waals surface area contributed by atoms with E-state index in [-0.39, 0.29) is 5.91 Å². The van der Waals surface area contributed by atoms with Crippen molar-refractivity contribution in [1.29, 1.82) is 0 Å². The minimum absolute atomic E-state index is 0.221. The highest BCUT2D eigenvalue weighted by Gasteiger charge is 2.26. The molecule has 1 amide bonds. The quantitative estimate of drug-likeness (QED) is 0.239. The van der Waals surface area contributed by atoms with Crippen molar-refractivity contribution < 1.29 is 4.79 Å². The van der Waals surface area contributed by atoms with Crippen LogP contribution in [0.5, 0.6) is 0 Å². The topological polar surface area (TPSA) is 54.5 Å². The fourth-order valence-corrected chi connectivity index (χ4v) is 4.77. The van der Waals surface area contributed by atoms with Crippen LogP contribution in [-0.2, 0) is 6.42 Å². The molecule has 2 aromatic carbocycles. The number of hydrogen-bond donors (Lipinski definition) is 1. The number of amides is 1. The first-order valence-corrected chi connectivity index (χ1v) is 12.8. The summed E-state index contributed by atoms with van der Waals surface area (Å²) < 4.78 is 1.74. The molecule has 36 heavy (non-hydrogen) atoms. The van der Waals surface area contributed by atoms with E-state index in [9.17, 15) is 4.79 Å². The Hall–Kier alpha value is -3.29. The number of benzene rings is 2. The average molecular weight is 520 g/mol. The SMILES string of the molecule is [C-]#[N+]CCC#Cc1ccc(-c2c(CC)c(C(=O)NN3CCCCC3)nn2-c2ccc(Cl)cc2Cl)cc1. The maximum absolute atomic E-state index is 13.4. The third-order valence-electron chi connectivity index (χ3n) is 6.05. The van der Waals surface area contributed by atoms with E-state index in [2.05, 4.69) is 22.1 Å². The van der Waals surface area contributed by atoms with Gasteiger partial charge in [-0.1, -0.05) is 60.5 Å². The molecule has 0 atom stereocenters. The molecule has 8 heteroatoms. The van der Waals surface area contributed by atoms with Crippen LogP contribution in [0.1, 0.15) is 54.2 Å². The molecule has 0 saturated carbocycles. The summed E-state index contributed by atoms with van der Waals surface area (Å²) in [5, 5.41) is 7.71. The molecule has 2 heterocycles. The molecule has 1 N–H and O–H groups in total. The molecule has 1 saturated heterocycles. The lowest BCUT2D eigenvalue weighted by Gasteiger charge is -2.26. The van der Waals surface area contributed by atoms with Crippen molar-refractivity contribution in [2.75, 3.05) is 19.6 Å². The highest BCUT2D eigenvalue weighted by Crippen LogP contribution is 2.33. The second kappa shape index (κ2) is 12.1. The Bertz CT molecular complexity index is 1340. The maximum atomic E-state index is 13.4.